The number of aliphatic imine (C=N–C) groups is 1. The summed E-state index contributed by atoms with van der Waals surface area (Å²) in [6.07, 6.45) is -3.43. The van der Waals surface area contributed by atoms with E-state index < -0.39 is 18.2 Å². The van der Waals surface area contributed by atoms with Gasteiger partial charge in [-0.05, 0) is 72.0 Å². The topological polar surface area (TPSA) is 114 Å². The average Bonchev–Trinajstić information content (AvgIpc) is 3.59. The largest absolute Gasteiger partial charge is 0.573 e. The molecule has 1 saturated heterocycles. The van der Waals surface area contributed by atoms with E-state index in [1.54, 1.807) is 6.07 Å². The van der Waals surface area contributed by atoms with Crippen LogP contribution in [0.3, 0.4) is 0 Å². The molecule has 0 radical (unpaired) electrons. The van der Waals surface area contributed by atoms with E-state index in [1.165, 1.54) is 40.2 Å². The quantitative estimate of drug-likeness (QED) is 0.199. The summed E-state index contributed by atoms with van der Waals surface area (Å²) in [6, 6.07) is 14.3. The highest BCUT2D eigenvalue weighted by atomic mass is 32.2. The molecule has 0 bridgehead atoms. The predicted octanol–water partition coefficient (Wildman–Crippen LogP) is 7.02. The van der Waals surface area contributed by atoms with Gasteiger partial charge in [0.25, 0.3) is 0 Å². The number of rotatable bonds is 8. The molecule has 2 heterocycles. The van der Waals surface area contributed by atoms with Gasteiger partial charge in [0.2, 0.25) is 11.9 Å². The lowest BCUT2D eigenvalue weighted by atomic mass is 9.99. The number of aromatic nitrogens is 3. The highest BCUT2D eigenvalue weighted by molar-refractivity contribution is 8.15. The fraction of sp³-hybridized carbons (Fsp3) is 0.233. The van der Waals surface area contributed by atoms with Gasteiger partial charge >= 0.3 is 12.4 Å². The molecular formula is C30H27F4N7O3S. The Labute approximate surface area is 259 Å². The molecule has 0 aliphatic carbocycles. The zero-order valence-electron chi connectivity index (χ0n) is 24.2. The number of benzene rings is 3. The number of nitrogens with one attached hydrogen (secondary N) is 2. The Hall–Kier alpha value is -4.92. The Kier molecular flexibility index (Phi) is 9.09. The average molecular weight is 642 g/mol. The molecule has 1 aromatic heterocycles. The molecule has 5 rings (SSSR count). The zero-order chi connectivity index (χ0) is 32.3. The summed E-state index contributed by atoms with van der Waals surface area (Å²) in [5.74, 6) is -0.808. The van der Waals surface area contributed by atoms with Gasteiger partial charge in [-0.2, -0.15) is 4.99 Å². The van der Waals surface area contributed by atoms with Gasteiger partial charge in [0, 0.05) is 6.54 Å². The Morgan fingerprint density at radius 2 is 1.87 bits per heavy atom. The van der Waals surface area contributed by atoms with Gasteiger partial charge < -0.3 is 15.4 Å². The molecule has 1 aliphatic rings. The number of alkyl halides is 3. The third-order valence-corrected chi connectivity index (χ3v) is 7.49. The molecule has 0 unspecified atom stereocenters. The van der Waals surface area contributed by atoms with Crippen LogP contribution in [0.15, 0.2) is 72.0 Å². The maximum atomic E-state index is 14.9. The summed E-state index contributed by atoms with van der Waals surface area (Å²) < 4.78 is 57.2. The molecule has 1 fully saturated rings. The molecule has 234 valence electrons. The van der Waals surface area contributed by atoms with Crippen LogP contribution in [-0.4, -0.2) is 44.0 Å². The van der Waals surface area contributed by atoms with Crippen molar-refractivity contribution < 1.29 is 31.9 Å². The summed E-state index contributed by atoms with van der Waals surface area (Å²) in [5.41, 5.74) is 3.44. The minimum Gasteiger partial charge on any atom is -0.406 e. The van der Waals surface area contributed by atoms with Crippen LogP contribution in [0.25, 0.3) is 5.69 Å². The molecule has 10 nitrogen and oxygen atoms in total. The highest BCUT2D eigenvalue weighted by Gasteiger charge is 2.33. The number of aryl methyl sites for hydroxylation is 1. The molecule has 45 heavy (non-hydrogen) atoms. The lowest BCUT2D eigenvalue weighted by Crippen LogP contribution is -2.31. The summed E-state index contributed by atoms with van der Waals surface area (Å²) in [4.78, 5) is 35.2. The van der Waals surface area contributed by atoms with Gasteiger partial charge in [-0.15, -0.1) is 18.3 Å². The van der Waals surface area contributed by atoms with Crippen molar-refractivity contribution in [2.24, 2.45) is 4.99 Å². The number of ether oxygens (including phenoxy) is 1. The number of anilines is 3. The maximum absolute atomic E-state index is 14.9. The molecule has 3 amide bonds. The van der Waals surface area contributed by atoms with Crippen molar-refractivity contribution in [1.82, 2.24) is 14.8 Å². The number of amidine groups is 1. The molecule has 0 saturated carbocycles. The number of thioether (sulfide) groups is 1. The second-order valence-corrected chi connectivity index (χ2v) is 11.2. The van der Waals surface area contributed by atoms with Crippen molar-refractivity contribution >= 4 is 46.2 Å². The monoisotopic (exact) mass is 641 g/mol. The van der Waals surface area contributed by atoms with Crippen LogP contribution < -0.4 is 20.3 Å². The second-order valence-electron chi connectivity index (χ2n) is 10.3. The summed E-state index contributed by atoms with van der Waals surface area (Å²) in [6.45, 7) is 6.08. The van der Waals surface area contributed by atoms with Gasteiger partial charge in [-0.3, -0.25) is 9.69 Å². The molecule has 4 aromatic rings. The second kappa shape index (κ2) is 13.0. The van der Waals surface area contributed by atoms with Gasteiger partial charge in [-0.25, -0.2) is 18.9 Å². The first-order valence-corrected chi connectivity index (χ1v) is 14.6. The van der Waals surface area contributed by atoms with Crippen LogP contribution in [0.4, 0.5) is 39.7 Å². The third-order valence-electron chi connectivity index (χ3n) is 6.56. The van der Waals surface area contributed by atoms with Crippen molar-refractivity contribution in [2.75, 3.05) is 21.3 Å². The molecule has 1 aliphatic heterocycles. The normalized spacial score (nSPS) is 14.4. The molecule has 15 heteroatoms. The number of hydrogen-bond acceptors (Lipinski definition) is 7. The molecule has 0 spiro atoms. The first-order valence-electron chi connectivity index (χ1n) is 13.6. The van der Waals surface area contributed by atoms with Gasteiger partial charge in [-0.1, -0.05) is 43.8 Å². The molecule has 3 aromatic carbocycles. The van der Waals surface area contributed by atoms with Gasteiger partial charge in [0.1, 0.15) is 17.9 Å². The number of halogens is 4. The lowest BCUT2D eigenvalue weighted by molar-refractivity contribution is -0.274. The van der Waals surface area contributed by atoms with Crippen LogP contribution in [0, 0.1) is 12.7 Å². The first kappa shape index (κ1) is 31.5. The number of urea groups is 1. The maximum Gasteiger partial charge on any atom is 0.573 e. The highest BCUT2D eigenvalue weighted by Crippen LogP contribution is 2.34. The summed E-state index contributed by atoms with van der Waals surface area (Å²) in [7, 11) is 0. The van der Waals surface area contributed by atoms with Crippen molar-refractivity contribution in [1.29, 1.82) is 0 Å². The smallest absolute Gasteiger partial charge is 0.406 e. The Morgan fingerprint density at radius 3 is 2.56 bits per heavy atom. The zero-order valence-corrected chi connectivity index (χ0v) is 25.0. The summed E-state index contributed by atoms with van der Waals surface area (Å²) >= 11 is 1.14. The van der Waals surface area contributed by atoms with Crippen LogP contribution in [0.1, 0.15) is 36.5 Å². The standard InChI is InChI=1S/C30H27F4N7O3S/c1-17(2)22-10-4-18(3)12-25(22)41-26(42)15-45-29(41)38-28(43)37-24-11-5-19(13-23(24)31)14-35-27-36-16-40(39-27)20-6-8-21(9-7-20)44-30(32,33)34/h4-13,16-17H,14-15H2,1-3H3,(H,35,39)(H,37,43)/b38-29-. The number of amides is 3. The Bertz CT molecular complexity index is 1760. The molecule has 2 N–H and O–H groups in total. The number of nitrogens with zero attached hydrogens (tertiary/aromatic N) is 5. The minimum absolute atomic E-state index is 0.0900. The van der Waals surface area contributed by atoms with Gasteiger partial charge in [0.15, 0.2) is 5.17 Å². The van der Waals surface area contributed by atoms with E-state index in [0.717, 1.165) is 35.0 Å². The van der Waals surface area contributed by atoms with E-state index in [0.29, 0.717) is 16.9 Å². The van der Waals surface area contributed by atoms with E-state index in [2.05, 4.69) is 30.4 Å². The van der Waals surface area contributed by atoms with E-state index in [-0.39, 0.29) is 46.7 Å². The number of carbonyl (C=O) groups is 2. The van der Waals surface area contributed by atoms with Crippen molar-refractivity contribution in [3.05, 3.63) is 89.5 Å². The van der Waals surface area contributed by atoms with Crippen molar-refractivity contribution in [3.8, 4) is 11.4 Å². The Morgan fingerprint density at radius 1 is 1.11 bits per heavy atom. The van der Waals surface area contributed by atoms with Gasteiger partial charge in [0.05, 0.1) is 22.8 Å². The lowest BCUT2D eigenvalue weighted by Gasteiger charge is -2.22. The number of carbonyl (C=O) groups excluding carboxylic acids is 2. The third kappa shape index (κ3) is 7.78. The van der Waals surface area contributed by atoms with E-state index in [1.807, 2.05) is 39.0 Å². The molecule has 0 atom stereocenters. The minimum atomic E-state index is -4.79. The fourth-order valence-electron chi connectivity index (χ4n) is 4.47. The number of hydrogen-bond donors (Lipinski definition) is 2. The van der Waals surface area contributed by atoms with Crippen LogP contribution in [-0.2, 0) is 11.3 Å². The SMILES string of the molecule is Cc1ccc(C(C)C)c(N2C(=O)CS/C2=N\C(=O)Nc2ccc(CNc3ncn(-c4ccc(OC(F)(F)F)cc4)n3)cc2F)c1. The van der Waals surface area contributed by atoms with Crippen molar-refractivity contribution in [2.45, 2.75) is 39.6 Å². The molecular weight excluding hydrogens is 614 g/mol. The van der Waals surface area contributed by atoms with Crippen LogP contribution in [0.2, 0.25) is 0 Å². The predicted molar refractivity (Wildman–Crippen MR) is 163 cm³/mol. The van der Waals surface area contributed by atoms with Crippen LogP contribution >= 0.6 is 11.8 Å². The Balaban J connectivity index is 1.21. The van der Waals surface area contributed by atoms with E-state index >= 15 is 0 Å². The van der Waals surface area contributed by atoms with Crippen molar-refractivity contribution in [3.63, 3.8) is 0 Å². The van der Waals surface area contributed by atoms with E-state index in [4.69, 9.17) is 0 Å². The fourth-order valence-corrected chi connectivity index (χ4v) is 5.33. The first-order chi connectivity index (χ1) is 21.4. The van der Waals surface area contributed by atoms with Crippen LogP contribution in [0.5, 0.6) is 5.75 Å². The van der Waals surface area contributed by atoms with E-state index in [9.17, 15) is 27.2 Å². The summed E-state index contributed by atoms with van der Waals surface area (Å²) in [5, 5.41) is 9.81.